The van der Waals surface area contributed by atoms with Crippen molar-refractivity contribution in [3.8, 4) is 17.2 Å². The first kappa shape index (κ1) is 22.2. The molecule has 0 aliphatic rings. The highest BCUT2D eigenvalue weighted by Gasteiger charge is 2.16. The average Bonchev–Trinajstić information content (AvgIpc) is 2.71. The van der Waals surface area contributed by atoms with Gasteiger partial charge < -0.3 is 19.9 Å². The Morgan fingerprint density at radius 2 is 1.97 bits per heavy atom. The minimum absolute atomic E-state index is 0.0112. The topological polar surface area (TPSA) is 109 Å². The van der Waals surface area contributed by atoms with Crippen molar-refractivity contribution in [3.63, 3.8) is 0 Å². The molecule has 2 amide bonds. The normalized spacial score (nSPS) is 11.7. The number of carbonyl (C=O) groups excluding carboxylic acids is 2. The van der Waals surface area contributed by atoms with Gasteiger partial charge in [-0.3, -0.25) is 9.59 Å². The molecule has 1 unspecified atom stereocenters. The van der Waals surface area contributed by atoms with E-state index in [4.69, 9.17) is 9.47 Å². The molecule has 0 aliphatic carbocycles. The molecule has 0 bridgehead atoms. The molecule has 0 saturated heterocycles. The number of hydrazone groups is 1. The SMILES string of the molecule is CCOc1cc(/C=N/NC(=O)C(C)NC(=O)c2ccc(OC)cc2)cc(Br)c1O. The number of phenols is 1. The Hall–Kier alpha value is -3.07. The molecule has 1 atom stereocenters. The lowest BCUT2D eigenvalue weighted by Crippen LogP contribution is -2.43. The average molecular weight is 464 g/mol. The molecule has 0 aromatic heterocycles. The Labute approximate surface area is 177 Å². The fourth-order valence-electron chi connectivity index (χ4n) is 2.29. The zero-order valence-corrected chi connectivity index (χ0v) is 17.8. The number of methoxy groups -OCH3 is 1. The Balaban J connectivity index is 1.94. The van der Waals surface area contributed by atoms with E-state index < -0.39 is 11.9 Å². The summed E-state index contributed by atoms with van der Waals surface area (Å²) in [4.78, 5) is 24.4. The number of nitrogens with one attached hydrogen (secondary N) is 2. The summed E-state index contributed by atoms with van der Waals surface area (Å²) in [6, 6.07) is 8.96. The standard InChI is InChI=1S/C20H22BrN3O5/c1-4-29-17-10-13(9-16(21)18(17)25)11-22-24-19(26)12(2)23-20(27)14-5-7-15(28-3)8-6-14/h5-12,25H,4H2,1-3H3,(H,23,27)(H,24,26)/b22-11+. The molecule has 0 fully saturated rings. The Kier molecular flexibility index (Phi) is 8.02. The molecule has 9 heteroatoms. The third kappa shape index (κ3) is 6.21. The number of phenolic OH excluding ortho intramolecular Hbond substituents is 1. The van der Waals surface area contributed by atoms with Crippen molar-refractivity contribution < 1.29 is 24.2 Å². The fraction of sp³-hybridized carbons (Fsp3) is 0.250. The Morgan fingerprint density at radius 3 is 2.59 bits per heavy atom. The summed E-state index contributed by atoms with van der Waals surface area (Å²) in [6.45, 7) is 3.75. The summed E-state index contributed by atoms with van der Waals surface area (Å²) in [5, 5.41) is 16.4. The summed E-state index contributed by atoms with van der Waals surface area (Å²) in [7, 11) is 1.54. The van der Waals surface area contributed by atoms with E-state index in [2.05, 4.69) is 31.8 Å². The second-order valence-electron chi connectivity index (χ2n) is 5.94. The molecule has 0 spiro atoms. The minimum Gasteiger partial charge on any atom is -0.503 e. The van der Waals surface area contributed by atoms with E-state index in [0.29, 0.717) is 33.7 Å². The number of rotatable bonds is 8. The molecule has 0 radical (unpaired) electrons. The number of benzene rings is 2. The van der Waals surface area contributed by atoms with Crippen molar-refractivity contribution in [2.75, 3.05) is 13.7 Å². The van der Waals surface area contributed by atoms with Crippen LogP contribution in [-0.4, -0.2) is 42.9 Å². The van der Waals surface area contributed by atoms with Crippen LogP contribution in [0.4, 0.5) is 0 Å². The van der Waals surface area contributed by atoms with E-state index >= 15 is 0 Å². The first-order chi connectivity index (χ1) is 13.8. The third-order valence-electron chi connectivity index (χ3n) is 3.83. The fourth-order valence-corrected chi connectivity index (χ4v) is 2.75. The second kappa shape index (κ2) is 10.5. The van der Waals surface area contributed by atoms with Crippen molar-refractivity contribution >= 4 is 34.0 Å². The van der Waals surface area contributed by atoms with Crippen molar-refractivity contribution in [1.82, 2.24) is 10.7 Å². The molecular weight excluding hydrogens is 442 g/mol. The molecule has 2 aromatic carbocycles. The van der Waals surface area contributed by atoms with E-state index in [-0.39, 0.29) is 11.7 Å². The molecule has 2 rings (SSSR count). The van der Waals surface area contributed by atoms with Crippen molar-refractivity contribution in [2.45, 2.75) is 19.9 Å². The molecule has 0 saturated carbocycles. The number of aromatic hydroxyl groups is 1. The van der Waals surface area contributed by atoms with E-state index in [1.807, 2.05) is 0 Å². The maximum Gasteiger partial charge on any atom is 0.262 e. The van der Waals surface area contributed by atoms with Gasteiger partial charge in [0.25, 0.3) is 11.8 Å². The highest BCUT2D eigenvalue weighted by molar-refractivity contribution is 9.10. The van der Waals surface area contributed by atoms with Crippen LogP contribution in [-0.2, 0) is 4.79 Å². The summed E-state index contributed by atoms with van der Waals surface area (Å²) in [5.41, 5.74) is 3.38. The van der Waals surface area contributed by atoms with Gasteiger partial charge in [0.15, 0.2) is 11.5 Å². The zero-order chi connectivity index (χ0) is 21.4. The number of nitrogens with zero attached hydrogens (tertiary/aromatic N) is 1. The Morgan fingerprint density at radius 1 is 1.28 bits per heavy atom. The predicted octanol–water partition coefficient (Wildman–Crippen LogP) is 2.83. The molecule has 0 heterocycles. The van der Waals surface area contributed by atoms with Gasteiger partial charge in [0.1, 0.15) is 11.8 Å². The van der Waals surface area contributed by atoms with Crippen LogP contribution >= 0.6 is 15.9 Å². The van der Waals surface area contributed by atoms with Gasteiger partial charge in [-0.25, -0.2) is 5.43 Å². The molecule has 154 valence electrons. The molecular formula is C20H22BrN3O5. The summed E-state index contributed by atoms with van der Waals surface area (Å²) in [5.74, 6) is 0.0572. The van der Waals surface area contributed by atoms with Gasteiger partial charge in [-0.05, 0) is 71.7 Å². The van der Waals surface area contributed by atoms with Crippen molar-refractivity contribution in [1.29, 1.82) is 0 Å². The second-order valence-corrected chi connectivity index (χ2v) is 6.79. The quantitative estimate of drug-likeness (QED) is 0.411. The number of amides is 2. The maximum atomic E-state index is 12.2. The molecule has 29 heavy (non-hydrogen) atoms. The van der Waals surface area contributed by atoms with Gasteiger partial charge in [0, 0.05) is 5.56 Å². The lowest BCUT2D eigenvalue weighted by molar-refractivity contribution is -0.122. The van der Waals surface area contributed by atoms with E-state index in [1.165, 1.54) is 13.3 Å². The number of hydrogen-bond donors (Lipinski definition) is 3. The Bertz CT molecular complexity index is 900. The van der Waals surface area contributed by atoms with Crippen LogP contribution in [0, 0.1) is 0 Å². The molecule has 8 nitrogen and oxygen atoms in total. The molecule has 3 N–H and O–H groups in total. The van der Waals surface area contributed by atoms with Gasteiger partial charge in [0.05, 0.1) is 24.4 Å². The largest absolute Gasteiger partial charge is 0.503 e. The van der Waals surface area contributed by atoms with Crippen LogP contribution < -0.4 is 20.2 Å². The van der Waals surface area contributed by atoms with Gasteiger partial charge in [-0.15, -0.1) is 0 Å². The van der Waals surface area contributed by atoms with Crippen LogP contribution in [0.3, 0.4) is 0 Å². The van der Waals surface area contributed by atoms with Crippen LogP contribution in [0.1, 0.15) is 29.8 Å². The van der Waals surface area contributed by atoms with Gasteiger partial charge in [0.2, 0.25) is 0 Å². The monoisotopic (exact) mass is 463 g/mol. The van der Waals surface area contributed by atoms with Crippen LogP contribution in [0.5, 0.6) is 17.2 Å². The lowest BCUT2D eigenvalue weighted by atomic mass is 10.2. The van der Waals surface area contributed by atoms with Crippen molar-refractivity contribution in [3.05, 3.63) is 52.0 Å². The van der Waals surface area contributed by atoms with Gasteiger partial charge in [-0.2, -0.15) is 5.10 Å². The summed E-state index contributed by atoms with van der Waals surface area (Å²) in [6.07, 6.45) is 1.41. The van der Waals surface area contributed by atoms with Crippen LogP contribution in [0.25, 0.3) is 0 Å². The minimum atomic E-state index is -0.799. The summed E-state index contributed by atoms with van der Waals surface area (Å²) >= 11 is 3.23. The number of carbonyl (C=O) groups is 2. The predicted molar refractivity (Wildman–Crippen MR) is 113 cm³/mol. The summed E-state index contributed by atoms with van der Waals surface area (Å²) < 4.78 is 10.8. The maximum absolute atomic E-state index is 12.2. The van der Waals surface area contributed by atoms with Crippen LogP contribution in [0.2, 0.25) is 0 Å². The van der Waals surface area contributed by atoms with Gasteiger partial charge in [-0.1, -0.05) is 0 Å². The first-order valence-corrected chi connectivity index (χ1v) is 9.58. The van der Waals surface area contributed by atoms with Crippen molar-refractivity contribution in [2.24, 2.45) is 5.10 Å². The van der Waals surface area contributed by atoms with E-state index in [1.54, 1.807) is 50.2 Å². The number of hydrogen-bond acceptors (Lipinski definition) is 6. The highest BCUT2D eigenvalue weighted by Crippen LogP contribution is 2.35. The van der Waals surface area contributed by atoms with Crippen LogP contribution in [0.15, 0.2) is 46.0 Å². The van der Waals surface area contributed by atoms with Gasteiger partial charge >= 0.3 is 0 Å². The van der Waals surface area contributed by atoms with E-state index in [9.17, 15) is 14.7 Å². The lowest BCUT2D eigenvalue weighted by Gasteiger charge is -2.12. The van der Waals surface area contributed by atoms with E-state index in [0.717, 1.165) is 0 Å². The zero-order valence-electron chi connectivity index (χ0n) is 16.2. The number of halogens is 1. The number of ether oxygens (including phenoxy) is 2. The molecule has 0 aliphatic heterocycles. The first-order valence-electron chi connectivity index (χ1n) is 8.78. The smallest absolute Gasteiger partial charge is 0.262 e. The third-order valence-corrected chi connectivity index (χ3v) is 4.44. The molecule has 2 aromatic rings. The highest BCUT2D eigenvalue weighted by atomic mass is 79.9.